The van der Waals surface area contributed by atoms with Gasteiger partial charge in [-0.1, -0.05) is 59.1 Å². The summed E-state index contributed by atoms with van der Waals surface area (Å²) in [7, 11) is 0. The second-order valence-electron chi connectivity index (χ2n) is 6.23. The van der Waals surface area contributed by atoms with E-state index in [-0.39, 0.29) is 11.2 Å². The minimum atomic E-state index is -0.159. The van der Waals surface area contributed by atoms with Crippen molar-refractivity contribution in [2.24, 2.45) is 0 Å². The highest BCUT2D eigenvalue weighted by Crippen LogP contribution is 2.30. The molecule has 0 amide bonds. The first-order valence-corrected chi connectivity index (χ1v) is 8.01. The lowest BCUT2D eigenvalue weighted by Gasteiger charge is -2.36. The van der Waals surface area contributed by atoms with E-state index in [4.69, 9.17) is 0 Å². The quantitative estimate of drug-likeness (QED) is 0.624. The molecule has 0 saturated carbocycles. The van der Waals surface area contributed by atoms with Gasteiger partial charge in [0, 0.05) is 11.5 Å². The maximum absolute atomic E-state index is 13.1. The van der Waals surface area contributed by atoms with Crippen LogP contribution in [0.3, 0.4) is 0 Å². The molecular formula is C18H30FN. The van der Waals surface area contributed by atoms with Crippen molar-refractivity contribution in [1.82, 2.24) is 5.32 Å². The fourth-order valence-electron chi connectivity index (χ4n) is 2.72. The van der Waals surface area contributed by atoms with Crippen molar-refractivity contribution in [3.8, 4) is 0 Å². The second kappa shape index (κ2) is 8.41. The number of rotatable bonds is 9. The summed E-state index contributed by atoms with van der Waals surface area (Å²) in [6, 6.07) is 7.44. The standard InChI is InChI=1S/C18H30FN/c1-5-7-8-9-17(20-14-6-2)18(3,4)15-10-12-16(19)13-11-15/h10-13,17,20H,5-9,14H2,1-4H3. The van der Waals surface area contributed by atoms with Gasteiger partial charge in [0.15, 0.2) is 0 Å². The Labute approximate surface area is 124 Å². The average Bonchev–Trinajstić information content (AvgIpc) is 2.43. The minimum absolute atomic E-state index is 0.0244. The van der Waals surface area contributed by atoms with E-state index in [0.29, 0.717) is 6.04 Å². The molecule has 1 aromatic rings. The Balaban J connectivity index is 2.81. The fraction of sp³-hybridized carbons (Fsp3) is 0.667. The van der Waals surface area contributed by atoms with Gasteiger partial charge in [0.05, 0.1) is 0 Å². The number of hydrogen-bond acceptors (Lipinski definition) is 1. The lowest BCUT2D eigenvalue weighted by atomic mass is 9.75. The van der Waals surface area contributed by atoms with Gasteiger partial charge in [-0.15, -0.1) is 0 Å². The molecule has 0 bridgehead atoms. The molecule has 0 aliphatic heterocycles. The summed E-state index contributed by atoms with van der Waals surface area (Å²) >= 11 is 0. The lowest BCUT2D eigenvalue weighted by molar-refractivity contribution is 0.314. The van der Waals surface area contributed by atoms with E-state index in [1.165, 1.54) is 31.2 Å². The minimum Gasteiger partial charge on any atom is -0.313 e. The summed E-state index contributed by atoms with van der Waals surface area (Å²) in [5.41, 5.74) is 1.24. The Morgan fingerprint density at radius 2 is 1.70 bits per heavy atom. The molecule has 2 heteroatoms. The molecule has 1 aromatic carbocycles. The van der Waals surface area contributed by atoms with Crippen LogP contribution in [0.4, 0.5) is 4.39 Å². The summed E-state index contributed by atoms with van der Waals surface area (Å²) in [5, 5.41) is 3.69. The van der Waals surface area contributed by atoms with Gasteiger partial charge in [0.25, 0.3) is 0 Å². The van der Waals surface area contributed by atoms with Gasteiger partial charge in [-0.25, -0.2) is 4.39 Å². The summed E-state index contributed by atoms with van der Waals surface area (Å²) in [4.78, 5) is 0. The van der Waals surface area contributed by atoms with Crippen LogP contribution in [0.25, 0.3) is 0 Å². The lowest BCUT2D eigenvalue weighted by Crippen LogP contribution is -2.45. The van der Waals surface area contributed by atoms with Crippen molar-refractivity contribution >= 4 is 0 Å². The molecule has 1 rings (SSSR count). The van der Waals surface area contributed by atoms with E-state index in [1.54, 1.807) is 12.1 Å². The van der Waals surface area contributed by atoms with Crippen LogP contribution in [-0.2, 0) is 5.41 Å². The van der Waals surface area contributed by atoms with Crippen molar-refractivity contribution in [1.29, 1.82) is 0 Å². The zero-order valence-electron chi connectivity index (χ0n) is 13.5. The van der Waals surface area contributed by atoms with Crippen molar-refractivity contribution in [3.63, 3.8) is 0 Å². The SMILES string of the molecule is CCCCCC(NCCC)C(C)(C)c1ccc(F)cc1. The zero-order valence-corrected chi connectivity index (χ0v) is 13.5. The Morgan fingerprint density at radius 3 is 2.25 bits per heavy atom. The van der Waals surface area contributed by atoms with Gasteiger partial charge in [-0.3, -0.25) is 0 Å². The van der Waals surface area contributed by atoms with E-state index in [0.717, 1.165) is 13.0 Å². The molecule has 1 N–H and O–H groups in total. The molecule has 1 unspecified atom stereocenters. The zero-order chi connectivity index (χ0) is 15.0. The topological polar surface area (TPSA) is 12.0 Å². The predicted molar refractivity (Wildman–Crippen MR) is 85.6 cm³/mol. The maximum Gasteiger partial charge on any atom is 0.123 e. The van der Waals surface area contributed by atoms with Gasteiger partial charge in [0.1, 0.15) is 5.82 Å². The van der Waals surface area contributed by atoms with Crippen LogP contribution in [-0.4, -0.2) is 12.6 Å². The van der Waals surface area contributed by atoms with Crippen molar-refractivity contribution in [2.45, 2.75) is 71.3 Å². The molecule has 0 aliphatic rings. The molecule has 0 radical (unpaired) electrons. The van der Waals surface area contributed by atoms with Gasteiger partial charge in [-0.2, -0.15) is 0 Å². The number of benzene rings is 1. The van der Waals surface area contributed by atoms with Crippen molar-refractivity contribution in [3.05, 3.63) is 35.6 Å². The maximum atomic E-state index is 13.1. The summed E-state index contributed by atoms with van der Waals surface area (Å²) in [6.45, 7) is 10.0. The number of unbranched alkanes of at least 4 members (excludes halogenated alkanes) is 2. The van der Waals surface area contributed by atoms with Crippen molar-refractivity contribution in [2.75, 3.05) is 6.54 Å². The number of halogens is 1. The third kappa shape index (κ3) is 4.90. The molecule has 20 heavy (non-hydrogen) atoms. The average molecular weight is 279 g/mol. The molecule has 1 nitrogen and oxygen atoms in total. The van der Waals surface area contributed by atoms with Crippen LogP contribution in [0.15, 0.2) is 24.3 Å². The molecular weight excluding hydrogens is 249 g/mol. The highest BCUT2D eigenvalue weighted by atomic mass is 19.1. The van der Waals surface area contributed by atoms with Crippen LogP contribution >= 0.6 is 0 Å². The van der Waals surface area contributed by atoms with E-state index in [2.05, 4.69) is 33.0 Å². The van der Waals surface area contributed by atoms with Gasteiger partial charge in [-0.05, 0) is 37.1 Å². The Hall–Kier alpha value is -0.890. The van der Waals surface area contributed by atoms with Crippen LogP contribution in [0.5, 0.6) is 0 Å². The fourth-order valence-corrected chi connectivity index (χ4v) is 2.72. The Bertz CT molecular complexity index is 370. The number of nitrogens with one attached hydrogen (secondary N) is 1. The molecule has 0 aliphatic carbocycles. The number of hydrogen-bond donors (Lipinski definition) is 1. The molecule has 0 aromatic heterocycles. The highest BCUT2D eigenvalue weighted by molar-refractivity contribution is 5.26. The first-order valence-electron chi connectivity index (χ1n) is 8.01. The third-order valence-electron chi connectivity index (χ3n) is 4.20. The van der Waals surface area contributed by atoms with Crippen LogP contribution in [0.2, 0.25) is 0 Å². The van der Waals surface area contributed by atoms with Crippen molar-refractivity contribution < 1.29 is 4.39 Å². The van der Waals surface area contributed by atoms with E-state index in [1.807, 2.05) is 12.1 Å². The van der Waals surface area contributed by atoms with E-state index < -0.39 is 0 Å². The molecule has 0 spiro atoms. The van der Waals surface area contributed by atoms with Gasteiger partial charge < -0.3 is 5.32 Å². The first kappa shape index (κ1) is 17.2. The molecule has 0 fully saturated rings. The van der Waals surface area contributed by atoms with Crippen LogP contribution < -0.4 is 5.32 Å². The second-order valence-corrected chi connectivity index (χ2v) is 6.23. The van der Waals surface area contributed by atoms with Crippen LogP contribution in [0, 0.1) is 5.82 Å². The predicted octanol–water partition coefficient (Wildman–Crippen LogP) is 5.05. The molecule has 0 heterocycles. The Kier molecular flexibility index (Phi) is 7.22. The highest BCUT2D eigenvalue weighted by Gasteiger charge is 2.30. The van der Waals surface area contributed by atoms with E-state index in [9.17, 15) is 4.39 Å². The van der Waals surface area contributed by atoms with Gasteiger partial charge >= 0.3 is 0 Å². The van der Waals surface area contributed by atoms with Crippen LogP contribution in [0.1, 0.15) is 65.4 Å². The smallest absolute Gasteiger partial charge is 0.123 e. The van der Waals surface area contributed by atoms with E-state index >= 15 is 0 Å². The first-order chi connectivity index (χ1) is 9.52. The Morgan fingerprint density at radius 1 is 1.05 bits per heavy atom. The summed E-state index contributed by atoms with van der Waals surface area (Å²) in [6.07, 6.45) is 6.10. The molecule has 114 valence electrons. The normalized spacial score (nSPS) is 13.4. The monoisotopic (exact) mass is 279 g/mol. The van der Waals surface area contributed by atoms with Gasteiger partial charge in [0.2, 0.25) is 0 Å². The summed E-state index contributed by atoms with van der Waals surface area (Å²) in [5.74, 6) is -0.159. The third-order valence-corrected chi connectivity index (χ3v) is 4.20. The molecule has 0 saturated heterocycles. The largest absolute Gasteiger partial charge is 0.313 e. The summed E-state index contributed by atoms with van der Waals surface area (Å²) < 4.78 is 13.1. The molecule has 1 atom stereocenters.